The number of oxazole rings is 1. The van der Waals surface area contributed by atoms with Gasteiger partial charge in [-0.05, 0) is 30.3 Å². The third kappa shape index (κ3) is 2.40. The molecule has 7 heteroatoms. The van der Waals surface area contributed by atoms with Gasteiger partial charge in [-0.25, -0.2) is 4.98 Å². The maximum atomic E-state index is 12.1. The molecule has 0 saturated carbocycles. The van der Waals surface area contributed by atoms with Crippen LogP contribution in [0.2, 0.25) is 0 Å². The van der Waals surface area contributed by atoms with Gasteiger partial charge in [0, 0.05) is 31.0 Å². The number of fused-ring (bicyclic) bond motifs is 1. The van der Waals surface area contributed by atoms with Gasteiger partial charge in [-0.3, -0.25) is 14.6 Å². The summed E-state index contributed by atoms with van der Waals surface area (Å²) in [6.45, 7) is 0.299. The first-order chi connectivity index (χ1) is 11.6. The average molecular weight is 322 g/mol. The Labute approximate surface area is 137 Å². The van der Waals surface area contributed by atoms with Crippen LogP contribution in [0.5, 0.6) is 0 Å². The molecule has 1 aliphatic rings. The highest BCUT2D eigenvalue weighted by Gasteiger charge is 2.34. The minimum absolute atomic E-state index is 0.117. The van der Waals surface area contributed by atoms with Crippen LogP contribution in [0.25, 0.3) is 22.6 Å². The quantitative estimate of drug-likeness (QED) is 0.791. The van der Waals surface area contributed by atoms with Crippen LogP contribution in [-0.2, 0) is 9.59 Å². The standard InChI is InChI=1S/C17H14N4O3/c18-16(23)11-6-15(22)21(9-11)12-3-4-14-13(7-12)20-17(24-14)10-2-1-5-19-8-10/h1-5,7-8,11H,6,9H2,(H2,18,23). The van der Waals surface area contributed by atoms with E-state index in [0.29, 0.717) is 29.2 Å². The predicted molar refractivity (Wildman–Crippen MR) is 86.9 cm³/mol. The smallest absolute Gasteiger partial charge is 0.228 e. The van der Waals surface area contributed by atoms with Gasteiger partial charge in [0.25, 0.3) is 0 Å². The molecule has 1 aliphatic heterocycles. The fraction of sp³-hybridized carbons (Fsp3) is 0.176. The number of amides is 2. The first-order valence-electron chi connectivity index (χ1n) is 7.52. The van der Waals surface area contributed by atoms with E-state index >= 15 is 0 Å². The number of rotatable bonds is 3. The fourth-order valence-corrected chi connectivity index (χ4v) is 2.84. The molecular formula is C17H14N4O3. The van der Waals surface area contributed by atoms with Gasteiger partial charge in [0.2, 0.25) is 17.7 Å². The molecular weight excluding hydrogens is 308 g/mol. The van der Waals surface area contributed by atoms with E-state index in [1.54, 1.807) is 35.5 Å². The lowest BCUT2D eigenvalue weighted by Gasteiger charge is -2.15. The summed E-state index contributed by atoms with van der Waals surface area (Å²) in [4.78, 5) is 33.5. The van der Waals surface area contributed by atoms with E-state index in [4.69, 9.17) is 10.2 Å². The third-order valence-corrected chi connectivity index (χ3v) is 4.12. The van der Waals surface area contributed by atoms with Crippen molar-refractivity contribution >= 4 is 28.6 Å². The average Bonchev–Trinajstić information content (AvgIpc) is 3.18. The highest BCUT2D eigenvalue weighted by atomic mass is 16.3. The van der Waals surface area contributed by atoms with Gasteiger partial charge >= 0.3 is 0 Å². The zero-order valence-corrected chi connectivity index (χ0v) is 12.7. The lowest BCUT2D eigenvalue weighted by Crippen LogP contribution is -2.28. The Balaban J connectivity index is 1.69. The van der Waals surface area contributed by atoms with Gasteiger partial charge in [0.15, 0.2) is 5.58 Å². The number of hydrogen-bond acceptors (Lipinski definition) is 5. The predicted octanol–water partition coefficient (Wildman–Crippen LogP) is 1.73. The number of benzene rings is 1. The van der Waals surface area contributed by atoms with Crippen LogP contribution in [0, 0.1) is 5.92 Å². The lowest BCUT2D eigenvalue weighted by atomic mass is 10.1. The van der Waals surface area contributed by atoms with E-state index < -0.39 is 11.8 Å². The molecule has 0 bridgehead atoms. The molecule has 2 amide bonds. The van der Waals surface area contributed by atoms with Crippen molar-refractivity contribution in [3.8, 4) is 11.5 Å². The summed E-state index contributed by atoms with van der Waals surface area (Å²) < 4.78 is 5.73. The first kappa shape index (κ1) is 14.4. The Bertz CT molecular complexity index is 935. The molecule has 0 aliphatic carbocycles. The Morgan fingerprint density at radius 3 is 2.92 bits per heavy atom. The normalized spacial score (nSPS) is 17.6. The van der Waals surface area contributed by atoms with Crippen molar-refractivity contribution in [3.05, 3.63) is 42.7 Å². The van der Waals surface area contributed by atoms with E-state index in [0.717, 1.165) is 5.56 Å². The van der Waals surface area contributed by atoms with E-state index in [2.05, 4.69) is 9.97 Å². The second-order valence-electron chi connectivity index (χ2n) is 5.72. The first-order valence-corrected chi connectivity index (χ1v) is 7.52. The van der Waals surface area contributed by atoms with Gasteiger partial charge in [-0.1, -0.05) is 0 Å². The van der Waals surface area contributed by atoms with Crippen molar-refractivity contribution < 1.29 is 14.0 Å². The molecule has 2 N–H and O–H groups in total. The van der Waals surface area contributed by atoms with Crippen LogP contribution in [0.3, 0.4) is 0 Å². The maximum absolute atomic E-state index is 12.1. The fourth-order valence-electron chi connectivity index (χ4n) is 2.84. The second kappa shape index (κ2) is 5.45. The number of anilines is 1. The number of carbonyl (C=O) groups is 2. The highest BCUT2D eigenvalue weighted by Crippen LogP contribution is 2.30. The molecule has 1 fully saturated rings. The summed E-state index contributed by atoms with van der Waals surface area (Å²) in [6.07, 6.45) is 3.50. The van der Waals surface area contributed by atoms with Crippen molar-refractivity contribution in [3.63, 3.8) is 0 Å². The summed E-state index contributed by atoms with van der Waals surface area (Å²) in [5.74, 6) is -0.546. The molecule has 1 unspecified atom stereocenters. The number of hydrogen-bond donors (Lipinski definition) is 1. The molecule has 1 aromatic carbocycles. The van der Waals surface area contributed by atoms with Crippen LogP contribution in [-0.4, -0.2) is 28.3 Å². The Morgan fingerprint density at radius 1 is 1.33 bits per heavy atom. The van der Waals surface area contributed by atoms with Gasteiger partial charge in [-0.15, -0.1) is 0 Å². The maximum Gasteiger partial charge on any atom is 0.228 e. The molecule has 1 atom stereocenters. The number of nitrogens with two attached hydrogens (primary N) is 1. The summed E-state index contributed by atoms with van der Waals surface area (Å²) in [7, 11) is 0. The Hall–Kier alpha value is -3.22. The molecule has 3 aromatic rings. The minimum Gasteiger partial charge on any atom is -0.436 e. The molecule has 3 heterocycles. The van der Waals surface area contributed by atoms with E-state index in [1.807, 2.05) is 12.1 Å². The summed E-state index contributed by atoms with van der Waals surface area (Å²) in [5.41, 5.74) is 8.03. The number of nitrogens with zero attached hydrogens (tertiary/aromatic N) is 3. The minimum atomic E-state index is -0.452. The molecule has 24 heavy (non-hydrogen) atoms. The van der Waals surface area contributed by atoms with E-state index in [-0.39, 0.29) is 12.3 Å². The zero-order valence-electron chi connectivity index (χ0n) is 12.7. The molecule has 120 valence electrons. The van der Waals surface area contributed by atoms with Crippen LogP contribution in [0.15, 0.2) is 47.1 Å². The van der Waals surface area contributed by atoms with Crippen molar-refractivity contribution in [1.82, 2.24) is 9.97 Å². The molecule has 7 nitrogen and oxygen atoms in total. The number of primary amides is 1. The monoisotopic (exact) mass is 322 g/mol. The SMILES string of the molecule is NC(=O)C1CC(=O)N(c2ccc3oc(-c4cccnc4)nc3c2)C1. The molecule has 0 spiro atoms. The summed E-state index contributed by atoms with van der Waals surface area (Å²) in [5, 5.41) is 0. The largest absolute Gasteiger partial charge is 0.436 e. The van der Waals surface area contributed by atoms with Crippen molar-refractivity contribution in [2.75, 3.05) is 11.4 Å². The summed E-state index contributed by atoms with van der Waals surface area (Å²) >= 11 is 0. The van der Waals surface area contributed by atoms with Crippen LogP contribution >= 0.6 is 0 Å². The highest BCUT2D eigenvalue weighted by molar-refractivity contribution is 6.01. The number of carbonyl (C=O) groups excluding carboxylic acids is 2. The molecule has 2 aromatic heterocycles. The van der Waals surface area contributed by atoms with Gasteiger partial charge in [-0.2, -0.15) is 0 Å². The van der Waals surface area contributed by atoms with Crippen molar-refractivity contribution in [2.45, 2.75) is 6.42 Å². The second-order valence-corrected chi connectivity index (χ2v) is 5.72. The van der Waals surface area contributed by atoms with Crippen molar-refractivity contribution in [2.24, 2.45) is 11.7 Å². The van der Waals surface area contributed by atoms with Crippen LogP contribution in [0.1, 0.15) is 6.42 Å². The molecule has 1 saturated heterocycles. The van der Waals surface area contributed by atoms with E-state index in [9.17, 15) is 9.59 Å². The lowest BCUT2D eigenvalue weighted by molar-refractivity contribution is -0.123. The zero-order chi connectivity index (χ0) is 16.7. The topological polar surface area (TPSA) is 102 Å². The molecule has 0 radical (unpaired) electrons. The van der Waals surface area contributed by atoms with Gasteiger partial charge in [0.05, 0.1) is 11.5 Å². The molecule has 4 rings (SSSR count). The Morgan fingerprint density at radius 2 is 2.21 bits per heavy atom. The number of pyridine rings is 1. The van der Waals surface area contributed by atoms with Crippen molar-refractivity contribution in [1.29, 1.82) is 0 Å². The third-order valence-electron chi connectivity index (χ3n) is 4.12. The van der Waals surface area contributed by atoms with E-state index in [1.165, 1.54) is 0 Å². The van der Waals surface area contributed by atoms with Gasteiger partial charge < -0.3 is 15.1 Å². The number of aromatic nitrogens is 2. The van der Waals surface area contributed by atoms with Crippen LogP contribution in [0.4, 0.5) is 5.69 Å². The van der Waals surface area contributed by atoms with Gasteiger partial charge in [0.1, 0.15) is 5.52 Å². The Kier molecular flexibility index (Phi) is 3.26. The van der Waals surface area contributed by atoms with Crippen LogP contribution < -0.4 is 10.6 Å². The summed E-state index contributed by atoms with van der Waals surface area (Å²) in [6, 6.07) is 8.99.